The van der Waals surface area contributed by atoms with E-state index in [1.807, 2.05) is 36.4 Å². The van der Waals surface area contributed by atoms with Gasteiger partial charge in [-0.25, -0.2) is 4.79 Å². The van der Waals surface area contributed by atoms with Crippen molar-refractivity contribution in [2.24, 2.45) is 0 Å². The average molecular weight is 484 g/mol. The van der Waals surface area contributed by atoms with Gasteiger partial charge in [-0.15, -0.1) is 0 Å². The topological polar surface area (TPSA) is 44.8 Å². The van der Waals surface area contributed by atoms with E-state index in [1.54, 1.807) is 7.05 Å². The molecule has 2 fully saturated rings. The summed E-state index contributed by atoms with van der Waals surface area (Å²) in [6.07, 6.45) is 7.31. The first-order chi connectivity index (χ1) is 15.0. The van der Waals surface area contributed by atoms with Gasteiger partial charge in [0.05, 0.1) is 11.7 Å². The van der Waals surface area contributed by atoms with E-state index in [0.29, 0.717) is 29.8 Å². The van der Waals surface area contributed by atoms with Gasteiger partial charge < -0.3 is 15.0 Å². The highest BCUT2D eigenvalue weighted by atomic mass is 79.9. The summed E-state index contributed by atoms with van der Waals surface area (Å²) in [7, 11) is 3.94. The van der Waals surface area contributed by atoms with Gasteiger partial charge in [-0.2, -0.15) is 0 Å². The van der Waals surface area contributed by atoms with Crippen molar-refractivity contribution in [3.63, 3.8) is 0 Å². The smallest absolute Gasteiger partial charge is 0.410 e. The highest BCUT2D eigenvalue weighted by Gasteiger charge is 2.47. The summed E-state index contributed by atoms with van der Waals surface area (Å²) in [4.78, 5) is 16.7. The first-order valence-corrected chi connectivity index (χ1v) is 12.1. The van der Waals surface area contributed by atoms with Crippen molar-refractivity contribution in [1.82, 2.24) is 5.32 Å². The molecule has 1 N–H and O–H groups in total. The van der Waals surface area contributed by atoms with E-state index in [2.05, 4.69) is 39.3 Å². The van der Waals surface area contributed by atoms with Crippen molar-refractivity contribution < 1.29 is 9.53 Å². The molecule has 5 rings (SSSR count). The molecule has 31 heavy (non-hydrogen) atoms. The van der Waals surface area contributed by atoms with Crippen LogP contribution < -0.4 is 19.9 Å². The van der Waals surface area contributed by atoms with Crippen LogP contribution in [0.5, 0.6) is 5.75 Å². The fourth-order valence-corrected chi connectivity index (χ4v) is 6.56. The first-order valence-electron chi connectivity index (χ1n) is 11.4. The minimum atomic E-state index is -0.381. The normalized spacial score (nSPS) is 24.9. The van der Waals surface area contributed by atoms with Crippen LogP contribution in [0.2, 0.25) is 0 Å². The number of para-hydroxylation sites is 1. The molecule has 1 amide bonds. The zero-order valence-corrected chi connectivity index (χ0v) is 19.8. The predicted molar refractivity (Wildman–Crippen MR) is 128 cm³/mol. The van der Waals surface area contributed by atoms with Crippen LogP contribution in [0.3, 0.4) is 0 Å². The molecule has 2 saturated carbocycles. The maximum Gasteiger partial charge on any atom is 0.419 e. The number of likely N-dealkylation sites (N-methyl/N-ethyl adjacent to an activating group) is 1. The Morgan fingerprint density at radius 3 is 2.61 bits per heavy atom. The SMILES string of the molecule is CN(C(=O)Oc1cc(Br)c2c(c1)C1CCC(NC3CCCC3)C1N2C)c1ccccc1. The van der Waals surface area contributed by atoms with Gasteiger partial charge in [0.1, 0.15) is 5.75 Å². The summed E-state index contributed by atoms with van der Waals surface area (Å²) in [5.41, 5.74) is 3.34. The Morgan fingerprint density at radius 2 is 1.87 bits per heavy atom. The molecule has 1 aliphatic heterocycles. The molecule has 2 aliphatic carbocycles. The maximum atomic E-state index is 12.7. The molecule has 0 radical (unpaired) electrons. The molecule has 3 unspecified atom stereocenters. The summed E-state index contributed by atoms with van der Waals surface area (Å²) < 4.78 is 6.77. The van der Waals surface area contributed by atoms with Crippen molar-refractivity contribution >= 4 is 33.4 Å². The molecule has 0 bridgehead atoms. The molecule has 2 aromatic rings. The van der Waals surface area contributed by atoms with Crippen molar-refractivity contribution in [3.8, 4) is 5.75 Å². The zero-order valence-electron chi connectivity index (χ0n) is 18.2. The first kappa shape index (κ1) is 20.8. The Kier molecular flexibility index (Phi) is 5.69. The Bertz CT molecular complexity index is 961. The third-order valence-electron chi connectivity index (χ3n) is 7.31. The quantitative estimate of drug-likeness (QED) is 0.607. The summed E-state index contributed by atoms with van der Waals surface area (Å²) in [5.74, 6) is 1.07. The number of fused-ring (bicyclic) bond motifs is 3. The standard InChI is InChI=1S/C25H30BrN3O2/c1-28(17-10-4-3-5-11-17)25(30)31-18-14-20-19-12-13-22(27-16-8-6-7-9-16)24(19)29(2)23(20)21(26)15-18/h3-5,10-11,14-16,19,22,24,27H,6-9,12-13H2,1-2H3. The second-order valence-electron chi connectivity index (χ2n) is 9.15. The van der Waals surface area contributed by atoms with E-state index in [0.717, 1.165) is 10.2 Å². The second-order valence-corrected chi connectivity index (χ2v) is 10.00. The van der Waals surface area contributed by atoms with Crippen LogP contribution in [0.4, 0.5) is 16.2 Å². The van der Waals surface area contributed by atoms with Gasteiger partial charge in [-0.1, -0.05) is 31.0 Å². The number of amides is 1. The fraction of sp³-hybridized carbons (Fsp3) is 0.480. The molecule has 3 aliphatic rings. The molecule has 1 heterocycles. The zero-order chi connectivity index (χ0) is 21.5. The Hall–Kier alpha value is -2.05. The van der Waals surface area contributed by atoms with Crippen LogP contribution in [0.25, 0.3) is 0 Å². The monoisotopic (exact) mass is 483 g/mol. The van der Waals surface area contributed by atoms with Crippen LogP contribution >= 0.6 is 15.9 Å². The van der Waals surface area contributed by atoms with Gasteiger partial charge in [0.25, 0.3) is 0 Å². The molecule has 2 aromatic carbocycles. The van der Waals surface area contributed by atoms with Gasteiger partial charge in [-0.05, 0) is 71.4 Å². The second kappa shape index (κ2) is 8.47. The van der Waals surface area contributed by atoms with Gasteiger partial charge in [0.15, 0.2) is 0 Å². The molecule has 164 valence electrons. The van der Waals surface area contributed by atoms with Crippen molar-refractivity contribution in [2.75, 3.05) is 23.9 Å². The lowest BCUT2D eigenvalue weighted by Crippen LogP contribution is -2.48. The number of benzene rings is 2. The lowest BCUT2D eigenvalue weighted by atomic mass is 9.96. The largest absolute Gasteiger partial charge is 0.419 e. The fourth-order valence-electron chi connectivity index (χ4n) is 5.82. The van der Waals surface area contributed by atoms with Gasteiger partial charge in [0.2, 0.25) is 0 Å². The molecule has 0 aromatic heterocycles. The molecule has 5 nitrogen and oxygen atoms in total. The number of carbonyl (C=O) groups excluding carboxylic acids is 1. The Labute approximate surface area is 192 Å². The van der Waals surface area contributed by atoms with E-state index in [9.17, 15) is 4.79 Å². The van der Waals surface area contributed by atoms with Gasteiger partial charge >= 0.3 is 6.09 Å². The highest BCUT2D eigenvalue weighted by molar-refractivity contribution is 9.10. The van der Waals surface area contributed by atoms with Crippen LogP contribution in [-0.2, 0) is 0 Å². The minimum Gasteiger partial charge on any atom is -0.410 e. The summed E-state index contributed by atoms with van der Waals surface area (Å²) in [6, 6.07) is 15.2. The van der Waals surface area contributed by atoms with E-state index < -0.39 is 0 Å². The summed E-state index contributed by atoms with van der Waals surface area (Å²) >= 11 is 3.76. The molecule has 0 saturated heterocycles. The lowest BCUT2D eigenvalue weighted by molar-refractivity contribution is 0.209. The average Bonchev–Trinajstić information content (AvgIpc) is 3.48. The molecular formula is C25H30BrN3O2. The number of carbonyl (C=O) groups is 1. The number of rotatable bonds is 4. The molecule has 3 atom stereocenters. The highest BCUT2D eigenvalue weighted by Crippen LogP contribution is 2.52. The number of nitrogens with one attached hydrogen (secondary N) is 1. The number of nitrogens with zero attached hydrogens (tertiary/aromatic N) is 2. The lowest BCUT2D eigenvalue weighted by Gasteiger charge is -2.31. The third-order valence-corrected chi connectivity index (χ3v) is 7.91. The molecular weight excluding hydrogens is 454 g/mol. The summed E-state index contributed by atoms with van der Waals surface area (Å²) in [5, 5.41) is 3.96. The van der Waals surface area contributed by atoms with Crippen LogP contribution in [-0.4, -0.2) is 38.3 Å². The maximum absolute atomic E-state index is 12.7. The number of hydrogen-bond acceptors (Lipinski definition) is 4. The third kappa shape index (κ3) is 3.85. The summed E-state index contributed by atoms with van der Waals surface area (Å²) in [6.45, 7) is 0. The van der Waals surface area contributed by atoms with Crippen molar-refractivity contribution in [1.29, 1.82) is 0 Å². The van der Waals surface area contributed by atoms with Gasteiger partial charge in [-0.3, -0.25) is 4.90 Å². The minimum absolute atomic E-state index is 0.381. The molecule has 6 heteroatoms. The Balaban J connectivity index is 1.35. The van der Waals surface area contributed by atoms with E-state index in [-0.39, 0.29) is 6.09 Å². The number of ether oxygens (including phenoxy) is 1. The van der Waals surface area contributed by atoms with E-state index in [4.69, 9.17) is 4.74 Å². The number of anilines is 2. The number of hydrogen-bond donors (Lipinski definition) is 1. The van der Waals surface area contributed by atoms with Gasteiger partial charge in [0, 0.05) is 42.3 Å². The van der Waals surface area contributed by atoms with Crippen molar-refractivity contribution in [3.05, 3.63) is 52.5 Å². The number of halogens is 1. The molecule has 0 spiro atoms. The van der Waals surface area contributed by atoms with E-state index >= 15 is 0 Å². The van der Waals surface area contributed by atoms with Crippen LogP contribution in [0.1, 0.15) is 50.0 Å². The predicted octanol–water partition coefficient (Wildman–Crippen LogP) is 5.68. The van der Waals surface area contributed by atoms with Crippen molar-refractivity contribution in [2.45, 2.75) is 62.6 Å². The van der Waals surface area contributed by atoms with Crippen LogP contribution in [0, 0.1) is 0 Å². The van der Waals surface area contributed by atoms with E-state index in [1.165, 1.54) is 54.7 Å². The Morgan fingerprint density at radius 1 is 1.13 bits per heavy atom. The van der Waals surface area contributed by atoms with Crippen LogP contribution in [0.15, 0.2) is 46.9 Å².